The molecule has 0 aliphatic carbocycles. The van der Waals surface area contributed by atoms with Gasteiger partial charge >= 0.3 is 0 Å². The summed E-state index contributed by atoms with van der Waals surface area (Å²) < 4.78 is 17.2. The first kappa shape index (κ1) is 16.6. The van der Waals surface area contributed by atoms with Gasteiger partial charge in [-0.1, -0.05) is 6.92 Å². The van der Waals surface area contributed by atoms with E-state index in [9.17, 15) is 0 Å². The number of hydrogen-bond acceptors (Lipinski definition) is 5. The highest BCUT2D eigenvalue weighted by molar-refractivity contribution is 5.48. The molecular weight excluding hydrogens is 292 g/mol. The number of ether oxygens (including phenoxy) is 3. The molecule has 0 amide bonds. The summed E-state index contributed by atoms with van der Waals surface area (Å²) in [6.45, 7) is 9.89. The molecule has 1 N–H and O–H groups in total. The van der Waals surface area contributed by atoms with Gasteiger partial charge in [0, 0.05) is 43.7 Å². The molecule has 23 heavy (non-hydrogen) atoms. The molecule has 0 radical (unpaired) electrons. The van der Waals surface area contributed by atoms with Crippen LogP contribution in [-0.2, 0) is 17.7 Å². The van der Waals surface area contributed by atoms with Crippen molar-refractivity contribution in [2.45, 2.75) is 39.0 Å². The molecule has 0 spiro atoms. The molecule has 1 aromatic carbocycles. The van der Waals surface area contributed by atoms with Crippen LogP contribution in [-0.4, -0.2) is 57.0 Å². The van der Waals surface area contributed by atoms with Crippen LogP contribution in [0.4, 0.5) is 0 Å². The number of nitrogens with zero attached hydrogens (tertiary/aromatic N) is 1. The molecule has 0 unspecified atom stereocenters. The highest BCUT2D eigenvalue weighted by Crippen LogP contribution is 2.34. The third kappa shape index (κ3) is 3.97. The molecule has 1 aromatic rings. The van der Waals surface area contributed by atoms with E-state index in [4.69, 9.17) is 14.2 Å². The van der Waals surface area contributed by atoms with Crippen LogP contribution in [0.5, 0.6) is 11.5 Å². The number of rotatable bonds is 6. The molecule has 128 valence electrons. The van der Waals surface area contributed by atoms with Crippen molar-refractivity contribution in [2.75, 3.05) is 39.9 Å². The van der Waals surface area contributed by atoms with Gasteiger partial charge in [-0.05, 0) is 25.6 Å². The van der Waals surface area contributed by atoms with E-state index < -0.39 is 0 Å². The summed E-state index contributed by atoms with van der Waals surface area (Å²) in [6, 6.07) is 4.23. The Balaban J connectivity index is 1.57. The lowest BCUT2D eigenvalue weighted by Gasteiger charge is -2.32. The molecule has 1 saturated heterocycles. The largest absolute Gasteiger partial charge is 0.496 e. The van der Waals surface area contributed by atoms with Gasteiger partial charge in [0.25, 0.3) is 0 Å². The summed E-state index contributed by atoms with van der Waals surface area (Å²) in [6.07, 6.45) is 1.48. The summed E-state index contributed by atoms with van der Waals surface area (Å²) in [5.41, 5.74) is 2.39. The molecule has 0 aromatic heterocycles. The fourth-order valence-electron chi connectivity index (χ4n) is 3.37. The molecule has 0 saturated carbocycles. The molecule has 5 nitrogen and oxygen atoms in total. The summed E-state index contributed by atoms with van der Waals surface area (Å²) in [5.74, 6) is 1.94. The van der Waals surface area contributed by atoms with Crippen LogP contribution in [0, 0.1) is 0 Å². The van der Waals surface area contributed by atoms with E-state index in [1.165, 1.54) is 5.56 Å². The van der Waals surface area contributed by atoms with E-state index in [1.807, 2.05) is 0 Å². The number of morpholine rings is 1. The summed E-state index contributed by atoms with van der Waals surface area (Å²) in [7, 11) is 1.73. The van der Waals surface area contributed by atoms with Crippen molar-refractivity contribution in [3.8, 4) is 11.5 Å². The Morgan fingerprint density at radius 2 is 2.26 bits per heavy atom. The Morgan fingerprint density at radius 1 is 1.39 bits per heavy atom. The standard InChI is InChI=1S/C18H28N2O3/c1-4-20-5-6-22-16(12-20)11-19-10-15-9-18-14(7-13(2)23-18)8-17(15)21-3/h8-9,13,16,19H,4-7,10-12H2,1-3H3/t13-,16-/m0/s1. The van der Waals surface area contributed by atoms with Crippen molar-refractivity contribution in [1.29, 1.82) is 0 Å². The minimum Gasteiger partial charge on any atom is -0.496 e. The van der Waals surface area contributed by atoms with Gasteiger partial charge in [0.05, 0.1) is 19.8 Å². The Labute approximate surface area is 138 Å². The zero-order valence-electron chi connectivity index (χ0n) is 14.4. The average molecular weight is 320 g/mol. The lowest BCUT2D eigenvalue weighted by atomic mass is 10.1. The Hall–Kier alpha value is -1.30. The molecule has 2 heterocycles. The van der Waals surface area contributed by atoms with Gasteiger partial charge in [-0.15, -0.1) is 0 Å². The molecule has 2 aliphatic heterocycles. The van der Waals surface area contributed by atoms with Crippen LogP contribution >= 0.6 is 0 Å². The second-order valence-corrected chi connectivity index (χ2v) is 6.42. The van der Waals surface area contributed by atoms with Crippen molar-refractivity contribution >= 4 is 0 Å². The van der Waals surface area contributed by atoms with Gasteiger partial charge in [0.2, 0.25) is 0 Å². The highest BCUT2D eigenvalue weighted by atomic mass is 16.5. The SMILES string of the molecule is CCN1CCO[C@@H](CNCc2cc3c(cc2OC)C[C@H](C)O3)C1. The number of methoxy groups -OCH3 is 1. The van der Waals surface area contributed by atoms with E-state index in [-0.39, 0.29) is 12.2 Å². The predicted molar refractivity (Wildman–Crippen MR) is 90.3 cm³/mol. The average Bonchev–Trinajstić information content (AvgIpc) is 2.93. The number of hydrogen-bond donors (Lipinski definition) is 1. The molecule has 5 heteroatoms. The third-order valence-electron chi connectivity index (χ3n) is 4.66. The maximum absolute atomic E-state index is 5.86. The predicted octanol–water partition coefficient (Wildman–Crippen LogP) is 1.83. The number of likely N-dealkylation sites (N-methyl/N-ethyl adjacent to an activating group) is 1. The normalized spacial score (nSPS) is 24.3. The van der Waals surface area contributed by atoms with E-state index in [0.29, 0.717) is 0 Å². The zero-order valence-corrected chi connectivity index (χ0v) is 14.4. The maximum atomic E-state index is 5.86. The number of benzene rings is 1. The second-order valence-electron chi connectivity index (χ2n) is 6.42. The van der Waals surface area contributed by atoms with E-state index >= 15 is 0 Å². The Morgan fingerprint density at radius 3 is 3.04 bits per heavy atom. The number of fused-ring (bicyclic) bond motifs is 1. The molecular formula is C18H28N2O3. The van der Waals surface area contributed by atoms with Crippen LogP contribution in [0.15, 0.2) is 12.1 Å². The Kier molecular flexibility index (Phi) is 5.41. The van der Waals surface area contributed by atoms with Crippen molar-refractivity contribution in [2.24, 2.45) is 0 Å². The lowest BCUT2D eigenvalue weighted by molar-refractivity contribution is -0.0253. The van der Waals surface area contributed by atoms with Gasteiger partial charge in [-0.25, -0.2) is 0 Å². The lowest BCUT2D eigenvalue weighted by Crippen LogP contribution is -2.46. The first-order valence-electron chi connectivity index (χ1n) is 8.60. The van der Waals surface area contributed by atoms with Crippen molar-refractivity contribution in [3.05, 3.63) is 23.3 Å². The van der Waals surface area contributed by atoms with Gasteiger partial charge < -0.3 is 19.5 Å². The quantitative estimate of drug-likeness (QED) is 0.866. The van der Waals surface area contributed by atoms with Gasteiger partial charge in [0.1, 0.15) is 17.6 Å². The first-order chi connectivity index (χ1) is 11.2. The van der Waals surface area contributed by atoms with Gasteiger partial charge in [0.15, 0.2) is 0 Å². The van der Waals surface area contributed by atoms with Crippen molar-refractivity contribution in [3.63, 3.8) is 0 Å². The van der Waals surface area contributed by atoms with E-state index in [0.717, 1.165) is 62.8 Å². The smallest absolute Gasteiger partial charge is 0.123 e. The fourth-order valence-corrected chi connectivity index (χ4v) is 3.37. The molecule has 3 rings (SSSR count). The van der Waals surface area contributed by atoms with E-state index in [1.54, 1.807) is 7.11 Å². The van der Waals surface area contributed by atoms with Crippen LogP contribution in [0.25, 0.3) is 0 Å². The summed E-state index contributed by atoms with van der Waals surface area (Å²) in [4.78, 5) is 2.43. The molecule has 2 atom stereocenters. The van der Waals surface area contributed by atoms with E-state index in [2.05, 4.69) is 36.2 Å². The topological polar surface area (TPSA) is 43.0 Å². The maximum Gasteiger partial charge on any atom is 0.123 e. The third-order valence-corrected chi connectivity index (χ3v) is 4.66. The van der Waals surface area contributed by atoms with Crippen LogP contribution in [0.1, 0.15) is 25.0 Å². The minimum absolute atomic E-state index is 0.258. The van der Waals surface area contributed by atoms with Gasteiger partial charge in [-0.3, -0.25) is 4.90 Å². The van der Waals surface area contributed by atoms with Gasteiger partial charge in [-0.2, -0.15) is 0 Å². The zero-order chi connectivity index (χ0) is 16.2. The van der Waals surface area contributed by atoms with Crippen molar-refractivity contribution < 1.29 is 14.2 Å². The Bertz CT molecular complexity index is 535. The monoisotopic (exact) mass is 320 g/mol. The van der Waals surface area contributed by atoms with Crippen molar-refractivity contribution in [1.82, 2.24) is 10.2 Å². The summed E-state index contributed by atoms with van der Waals surface area (Å²) in [5, 5.41) is 3.51. The minimum atomic E-state index is 0.258. The fraction of sp³-hybridized carbons (Fsp3) is 0.667. The van der Waals surface area contributed by atoms with Crippen LogP contribution in [0.3, 0.4) is 0 Å². The first-order valence-corrected chi connectivity index (χ1v) is 8.60. The van der Waals surface area contributed by atoms with Crippen LogP contribution in [0.2, 0.25) is 0 Å². The molecule has 2 aliphatic rings. The molecule has 0 bridgehead atoms. The second kappa shape index (κ2) is 7.51. The number of nitrogens with one attached hydrogen (secondary N) is 1. The summed E-state index contributed by atoms with van der Waals surface area (Å²) >= 11 is 0. The van der Waals surface area contributed by atoms with Crippen LogP contribution < -0.4 is 14.8 Å². The highest BCUT2D eigenvalue weighted by Gasteiger charge is 2.22. The molecule has 1 fully saturated rings.